The molecule has 0 fully saturated rings. The molecule has 1 amide bonds. The number of hydrogen-bond acceptors (Lipinski definition) is 3. The third-order valence-electron chi connectivity index (χ3n) is 4.22. The molecule has 1 aliphatic heterocycles. The van der Waals surface area contributed by atoms with Gasteiger partial charge in [-0.15, -0.1) is 0 Å². The van der Waals surface area contributed by atoms with E-state index in [0.29, 0.717) is 17.8 Å². The van der Waals surface area contributed by atoms with Crippen molar-refractivity contribution in [1.82, 2.24) is 5.32 Å². The minimum atomic E-state index is -0.113. The Hall–Kier alpha value is -2.49. The van der Waals surface area contributed by atoms with E-state index in [-0.39, 0.29) is 11.9 Å². The molecule has 1 unspecified atom stereocenters. The van der Waals surface area contributed by atoms with Crippen molar-refractivity contribution in [2.75, 3.05) is 23.7 Å². The molecular formula is C18H21N3O. The molecule has 0 spiro atoms. The van der Waals surface area contributed by atoms with Crippen LogP contribution in [0.5, 0.6) is 0 Å². The van der Waals surface area contributed by atoms with Gasteiger partial charge in [0, 0.05) is 30.5 Å². The van der Waals surface area contributed by atoms with Crippen LogP contribution in [0.2, 0.25) is 0 Å². The molecule has 2 aromatic carbocycles. The SMILES string of the molecule is CC(CNC(=O)c1ccccc1N)N1CCc2ccccc21. The molecular weight excluding hydrogens is 274 g/mol. The van der Waals surface area contributed by atoms with Crippen molar-refractivity contribution < 1.29 is 4.79 Å². The lowest BCUT2D eigenvalue weighted by Gasteiger charge is -2.27. The molecule has 1 aliphatic rings. The lowest BCUT2D eigenvalue weighted by atomic mass is 10.1. The number of anilines is 2. The summed E-state index contributed by atoms with van der Waals surface area (Å²) >= 11 is 0. The van der Waals surface area contributed by atoms with Gasteiger partial charge in [0.15, 0.2) is 0 Å². The predicted octanol–water partition coefficient (Wildman–Crippen LogP) is 2.45. The summed E-state index contributed by atoms with van der Waals surface area (Å²) in [4.78, 5) is 14.6. The van der Waals surface area contributed by atoms with Gasteiger partial charge in [-0.25, -0.2) is 0 Å². The van der Waals surface area contributed by atoms with E-state index in [1.165, 1.54) is 11.3 Å². The number of nitrogens with two attached hydrogens (primary N) is 1. The van der Waals surface area contributed by atoms with Gasteiger partial charge >= 0.3 is 0 Å². The summed E-state index contributed by atoms with van der Waals surface area (Å²) in [6.07, 6.45) is 1.07. The maximum Gasteiger partial charge on any atom is 0.253 e. The topological polar surface area (TPSA) is 58.4 Å². The zero-order valence-corrected chi connectivity index (χ0v) is 12.8. The maximum atomic E-state index is 12.2. The van der Waals surface area contributed by atoms with Gasteiger partial charge in [0.2, 0.25) is 0 Å². The molecule has 0 saturated heterocycles. The largest absolute Gasteiger partial charge is 0.398 e. The number of carbonyl (C=O) groups is 1. The van der Waals surface area contributed by atoms with Crippen LogP contribution >= 0.6 is 0 Å². The zero-order valence-electron chi connectivity index (χ0n) is 12.8. The van der Waals surface area contributed by atoms with Crippen molar-refractivity contribution in [3.63, 3.8) is 0 Å². The van der Waals surface area contributed by atoms with Crippen molar-refractivity contribution in [2.45, 2.75) is 19.4 Å². The van der Waals surface area contributed by atoms with Crippen LogP contribution < -0.4 is 16.0 Å². The Morgan fingerprint density at radius 3 is 2.77 bits per heavy atom. The molecule has 4 nitrogen and oxygen atoms in total. The van der Waals surface area contributed by atoms with Gasteiger partial charge in [-0.05, 0) is 37.1 Å². The van der Waals surface area contributed by atoms with Gasteiger partial charge in [0.05, 0.1) is 5.56 Å². The first-order valence-corrected chi connectivity index (χ1v) is 7.64. The Labute approximate surface area is 130 Å². The Kier molecular flexibility index (Phi) is 4.00. The summed E-state index contributed by atoms with van der Waals surface area (Å²) in [5.74, 6) is -0.113. The van der Waals surface area contributed by atoms with Gasteiger partial charge in [-0.1, -0.05) is 30.3 Å². The fourth-order valence-corrected chi connectivity index (χ4v) is 2.97. The van der Waals surface area contributed by atoms with Crippen LogP contribution in [0.25, 0.3) is 0 Å². The van der Waals surface area contributed by atoms with E-state index in [1.54, 1.807) is 12.1 Å². The van der Waals surface area contributed by atoms with Crippen molar-refractivity contribution >= 4 is 17.3 Å². The average Bonchev–Trinajstić information content (AvgIpc) is 2.97. The molecule has 0 saturated carbocycles. The minimum absolute atomic E-state index is 0.113. The number of fused-ring (bicyclic) bond motifs is 1. The van der Waals surface area contributed by atoms with Gasteiger partial charge in [-0.2, -0.15) is 0 Å². The highest BCUT2D eigenvalue weighted by molar-refractivity contribution is 5.99. The second kappa shape index (κ2) is 6.10. The fraction of sp³-hybridized carbons (Fsp3) is 0.278. The molecule has 3 rings (SSSR count). The quantitative estimate of drug-likeness (QED) is 0.852. The third-order valence-corrected chi connectivity index (χ3v) is 4.22. The van der Waals surface area contributed by atoms with Crippen LogP contribution in [0.4, 0.5) is 11.4 Å². The van der Waals surface area contributed by atoms with Crippen molar-refractivity contribution in [1.29, 1.82) is 0 Å². The molecule has 3 N–H and O–H groups in total. The second-order valence-electron chi connectivity index (χ2n) is 5.72. The van der Waals surface area contributed by atoms with Crippen LogP contribution in [0.1, 0.15) is 22.8 Å². The number of amides is 1. The van der Waals surface area contributed by atoms with E-state index in [9.17, 15) is 4.79 Å². The zero-order chi connectivity index (χ0) is 15.5. The van der Waals surface area contributed by atoms with Gasteiger partial charge < -0.3 is 16.0 Å². The standard InChI is InChI=1S/C18H21N3O/c1-13(21-11-10-14-6-2-5-9-17(14)21)12-20-18(22)15-7-3-4-8-16(15)19/h2-9,13H,10-12,19H2,1H3,(H,20,22). The Balaban J connectivity index is 1.63. The highest BCUT2D eigenvalue weighted by Crippen LogP contribution is 2.28. The number of carbonyl (C=O) groups excluding carboxylic acids is 1. The van der Waals surface area contributed by atoms with E-state index < -0.39 is 0 Å². The number of benzene rings is 2. The van der Waals surface area contributed by atoms with Crippen molar-refractivity contribution in [3.05, 3.63) is 59.7 Å². The lowest BCUT2D eigenvalue weighted by Crippen LogP contribution is -2.41. The molecule has 0 radical (unpaired) electrons. The summed E-state index contributed by atoms with van der Waals surface area (Å²) in [6, 6.07) is 15.9. The second-order valence-corrected chi connectivity index (χ2v) is 5.72. The normalized spacial score (nSPS) is 14.5. The average molecular weight is 295 g/mol. The van der Waals surface area contributed by atoms with Gasteiger partial charge in [0.25, 0.3) is 5.91 Å². The van der Waals surface area contributed by atoms with Crippen molar-refractivity contribution in [3.8, 4) is 0 Å². The Morgan fingerprint density at radius 2 is 1.95 bits per heavy atom. The summed E-state index contributed by atoms with van der Waals surface area (Å²) < 4.78 is 0. The molecule has 1 heterocycles. The van der Waals surface area contributed by atoms with E-state index in [1.807, 2.05) is 12.1 Å². The van der Waals surface area contributed by atoms with Crippen LogP contribution in [-0.2, 0) is 6.42 Å². The molecule has 4 heteroatoms. The van der Waals surface area contributed by atoms with E-state index >= 15 is 0 Å². The van der Waals surface area contributed by atoms with Gasteiger partial charge in [0.1, 0.15) is 0 Å². The monoisotopic (exact) mass is 295 g/mol. The van der Waals surface area contributed by atoms with Crippen molar-refractivity contribution in [2.24, 2.45) is 0 Å². The molecule has 0 aromatic heterocycles. The third kappa shape index (κ3) is 2.77. The van der Waals surface area contributed by atoms with E-state index in [4.69, 9.17) is 5.73 Å². The first-order chi connectivity index (χ1) is 10.7. The highest BCUT2D eigenvalue weighted by Gasteiger charge is 2.23. The van der Waals surface area contributed by atoms with Gasteiger partial charge in [-0.3, -0.25) is 4.79 Å². The number of para-hydroxylation sites is 2. The molecule has 2 aromatic rings. The number of rotatable bonds is 4. The summed E-state index contributed by atoms with van der Waals surface area (Å²) in [7, 11) is 0. The first kappa shape index (κ1) is 14.4. The van der Waals surface area contributed by atoms with E-state index in [0.717, 1.165) is 13.0 Å². The number of nitrogen functional groups attached to an aromatic ring is 1. The molecule has 0 bridgehead atoms. The summed E-state index contributed by atoms with van der Waals surface area (Å²) in [5, 5.41) is 2.99. The minimum Gasteiger partial charge on any atom is -0.398 e. The van der Waals surface area contributed by atoms with Crippen LogP contribution in [-0.4, -0.2) is 25.0 Å². The van der Waals surface area contributed by atoms with E-state index in [2.05, 4.69) is 41.4 Å². The number of nitrogens with zero attached hydrogens (tertiary/aromatic N) is 1. The maximum absolute atomic E-state index is 12.2. The number of hydrogen-bond donors (Lipinski definition) is 2. The van der Waals surface area contributed by atoms with Crippen LogP contribution in [0.3, 0.4) is 0 Å². The Morgan fingerprint density at radius 1 is 1.23 bits per heavy atom. The molecule has 1 atom stereocenters. The smallest absolute Gasteiger partial charge is 0.253 e. The highest BCUT2D eigenvalue weighted by atomic mass is 16.1. The van der Waals surface area contributed by atoms with Crippen LogP contribution in [0, 0.1) is 0 Å². The number of nitrogens with one attached hydrogen (secondary N) is 1. The van der Waals surface area contributed by atoms with Crippen LogP contribution in [0.15, 0.2) is 48.5 Å². The summed E-state index contributed by atoms with van der Waals surface area (Å²) in [5.41, 5.74) is 9.56. The molecule has 114 valence electrons. The Bertz CT molecular complexity index is 684. The first-order valence-electron chi connectivity index (χ1n) is 7.64. The summed E-state index contributed by atoms with van der Waals surface area (Å²) in [6.45, 7) is 3.74. The molecule has 22 heavy (non-hydrogen) atoms. The lowest BCUT2D eigenvalue weighted by molar-refractivity contribution is 0.0952. The molecule has 0 aliphatic carbocycles. The predicted molar refractivity (Wildman–Crippen MR) is 90.1 cm³/mol. The fourth-order valence-electron chi connectivity index (χ4n) is 2.97.